The molecule has 98 valence electrons. The van der Waals surface area contributed by atoms with E-state index >= 15 is 0 Å². The Morgan fingerprint density at radius 2 is 1.84 bits per heavy atom. The summed E-state index contributed by atoms with van der Waals surface area (Å²) in [6, 6.07) is 8.78. The molecule has 1 aromatic carbocycles. The van der Waals surface area contributed by atoms with Crippen LogP contribution in [-0.4, -0.2) is 9.97 Å². The van der Waals surface area contributed by atoms with Gasteiger partial charge >= 0.3 is 0 Å². The van der Waals surface area contributed by atoms with Crippen molar-refractivity contribution in [3.8, 4) is 0 Å². The summed E-state index contributed by atoms with van der Waals surface area (Å²) in [6.07, 6.45) is 4.92. The number of hydrogen-bond acceptors (Lipinski definition) is 1. The van der Waals surface area contributed by atoms with E-state index in [9.17, 15) is 0 Å². The molecule has 1 unspecified atom stereocenters. The van der Waals surface area contributed by atoms with Crippen LogP contribution in [0.2, 0.25) is 0 Å². The molecule has 0 saturated carbocycles. The van der Waals surface area contributed by atoms with Crippen molar-refractivity contribution in [2.24, 2.45) is 11.8 Å². The van der Waals surface area contributed by atoms with Gasteiger partial charge in [-0.2, -0.15) is 0 Å². The maximum absolute atomic E-state index is 4.23. The Kier molecular flexibility index (Phi) is 3.02. The van der Waals surface area contributed by atoms with Crippen LogP contribution in [0.4, 0.5) is 0 Å². The molecule has 0 bridgehead atoms. The molecule has 0 aliphatic rings. The number of pyridine rings is 1. The first-order valence-electron chi connectivity index (χ1n) is 6.99. The normalized spacial score (nSPS) is 13.5. The Bertz CT molecular complexity index is 709. The van der Waals surface area contributed by atoms with Crippen molar-refractivity contribution >= 4 is 21.8 Å². The largest absolute Gasteiger partial charge is 0.354 e. The molecule has 0 amide bonds. The standard InChI is InChI=1S/C17H20N2/c1-11(2)12(3)8-13-4-5-16-14(9-13)15-10-18-7-6-17(15)19-16/h4-7,9-12,19H,8H2,1-3H3. The molecule has 2 heterocycles. The predicted molar refractivity (Wildman–Crippen MR) is 81.3 cm³/mol. The first-order chi connectivity index (χ1) is 9.15. The fourth-order valence-electron chi connectivity index (χ4n) is 2.52. The third-order valence-electron chi connectivity index (χ3n) is 4.16. The molecule has 2 heteroatoms. The summed E-state index contributed by atoms with van der Waals surface area (Å²) in [5.41, 5.74) is 3.78. The van der Waals surface area contributed by atoms with E-state index in [-0.39, 0.29) is 0 Å². The minimum absolute atomic E-state index is 0.709. The second kappa shape index (κ2) is 4.69. The summed E-state index contributed by atoms with van der Waals surface area (Å²) >= 11 is 0. The van der Waals surface area contributed by atoms with Gasteiger partial charge in [0.25, 0.3) is 0 Å². The third-order valence-corrected chi connectivity index (χ3v) is 4.16. The van der Waals surface area contributed by atoms with Crippen molar-refractivity contribution in [3.05, 3.63) is 42.2 Å². The van der Waals surface area contributed by atoms with Crippen molar-refractivity contribution in [2.75, 3.05) is 0 Å². The number of nitrogens with zero attached hydrogens (tertiary/aromatic N) is 1. The molecular weight excluding hydrogens is 232 g/mol. The maximum atomic E-state index is 4.23. The number of hydrogen-bond donors (Lipinski definition) is 1. The highest BCUT2D eigenvalue weighted by molar-refractivity contribution is 6.06. The van der Waals surface area contributed by atoms with E-state index in [1.807, 2.05) is 18.5 Å². The Morgan fingerprint density at radius 3 is 2.63 bits per heavy atom. The van der Waals surface area contributed by atoms with Crippen LogP contribution in [-0.2, 0) is 6.42 Å². The minimum atomic E-state index is 0.709. The molecular formula is C17H20N2. The summed E-state index contributed by atoms with van der Waals surface area (Å²) in [7, 11) is 0. The van der Waals surface area contributed by atoms with Crippen LogP contribution in [0.5, 0.6) is 0 Å². The Hall–Kier alpha value is -1.83. The minimum Gasteiger partial charge on any atom is -0.354 e. The van der Waals surface area contributed by atoms with Gasteiger partial charge in [-0.3, -0.25) is 4.98 Å². The number of H-pyrrole nitrogens is 1. The van der Waals surface area contributed by atoms with E-state index in [2.05, 4.69) is 48.9 Å². The number of benzene rings is 1. The molecule has 0 radical (unpaired) electrons. The number of nitrogens with one attached hydrogen (secondary N) is 1. The topological polar surface area (TPSA) is 28.7 Å². The molecule has 0 spiro atoms. The Morgan fingerprint density at radius 1 is 1.05 bits per heavy atom. The van der Waals surface area contributed by atoms with E-state index in [0.29, 0.717) is 5.92 Å². The number of aromatic amines is 1. The highest BCUT2D eigenvalue weighted by Gasteiger charge is 2.10. The van der Waals surface area contributed by atoms with E-state index in [1.165, 1.54) is 27.4 Å². The van der Waals surface area contributed by atoms with Crippen LogP contribution in [0.25, 0.3) is 21.8 Å². The van der Waals surface area contributed by atoms with E-state index in [4.69, 9.17) is 0 Å². The highest BCUT2D eigenvalue weighted by atomic mass is 14.7. The first-order valence-corrected chi connectivity index (χ1v) is 6.99. The van der Waals surface area contributed by atoms with Gasteiger partial charge < -0.3 is 4.98 Å². The maximum Gasteiger partial charge on any atom is 0.0495 e. The summed E-state index contributed by atoms with van der Waals surface area (Å²) in [5, 5.41) is 2.51. The van der Waals surface area contributed by atoms with Gasteiger partial charge in [-0.05, 0) is 42.0 Å². The van der Waals surface area contributed by atoms with Gasteiger partial charge in [0.15, 0.2) is 0 Å². The third kappa shape index (κ3) is 2.23. The summed E-state index contributed by atoms with van der Waals surface area (Å²) < 4.78 is 0. The average molecular weight is 252 g/mol. The van der Waals surface area contributed by atoms with Crippen molar-refractivity contribution in [3.63, 3.8) is 0 Å². The lowest BCUT2D eigenvalue weighted by Gasteiger charge is -2.15. The first kappa shape index (κ1) is 12.2. The SMILES string of the molecule is CC(C)C(C)Cc1ccc2[nH]c3ccncc3c2c1. The number of fused-ring (bicyclic) bond motifs is 3. The average Bonchev–Trinajstić information content (AvgIpc) is 2.76. The highest BCUT2D eigenvalue weighted by Crippen LogP contribution is 2.27. The Labute approximate surface area is 113 Å². The van der Waals surface area contributed by atoms with Crippen LogP contribution in [0.1, 0.15) is 26.3 Å². The molecule has 2 aromatic heterocycles. The van der Waals surface area contributed by atoms with Gasteiger partial charge in [0.2, 0.25) is 0 Å². The summed E-state index contributed by atoms with van der Waals surface area (Å²) in [5.74, 6) is 1.43. The molecule has 0 saturated heterocycles. The molecule has 2 nitrogen and oxygen atoms in total. The lowest BCUT2D eigenvalue weighted by atomic mass is 9.91. The zero-order chi connectivity index (χ0) is 13.4. The van der Waals surface area contributed by atoms with Crippen LogP contribution < -0.4 is 0 Å². The van der Waals surface area contributed by atoms with Gasteiger partial charge in [-0.15, -0.1) is 0 Å². The molecule has 0 fully saturated rings. The van der Waals surface area contributed by atoms with Crippen LogP contribution in [0.15, 0.2) is 36.7 Å². The zero-order valence-corrected chi connectivity index (χ0v) is 11.8. The lowest BCUT2D eigenvalue weighted by Crippen LogP contribution is -2.07. The smallest absolute Gasteiger partial charge is 0.0495 e. The monoisotopic (exact) mass is 252 g/mol. The van der Waals surface area contributed by atoms with Crippen LogP contribution in [0, 0.1) is 11.8 Å². The zero-order valence-electron chi connectivity index (χ0n) is 11.8. The summed E-state index contributed by atoms with van der Waals surface area (Å²) in [6.45, 7) is 6.91. The van der Waals surface area contributed by atoms with Crippen molar-refractivity contribution < 1.29 is 0 Å². The van der Waals surface area contributed by atoms with Crippen molar-refractivity contribution in [1.82, 2.24) is 9.97 Å². The number of aromatic nitrogens is 2. The van der Waals surface area contributed by atoms with Gasteiger partial charge in [-0.25, -0.2) is 0 Å². The molecule has 19 heavy (non-hydrogen) atoms. The molecule has 0 aliphatic carbocycles. The fraction of sp³-hybridized carbons (Fsp3) is 0.353. The van der Waals surface area contributed by atoms with Gasteiger partial charge in [0.1, 0.15) is 0 Å². The summed E-state index contributed by atoms with van der Waals surface area (Å²) in [4.78, 5) is 7.68. The van der Waals surface area contributed by atoms with E-state index in [0.717, 1.165) is 12.3 Å². The fourth-order valence-corrected chi connectivity index (χ4v) is 2.52. The predicted octanol–water partition coefficient (Wildman–Crippen LogP) is 4.55. The quantitative estimate of drug-likeness (QED) is 0.727. The second-order valence-electron chi connectivity index (χ2n) is 5.85. The lowest BCUT2D eigenvalue weighted by molar-refractivity contribution is 0.417. The van der Waals surface area contributed by atoms with E-state index in [1.54, 1.807) is 0 Å². The van der Waals surface area contributed by atoms with Crippen LogP contribution >= 0.6 is 0 Å². The van der Waals surface area contributed by atoms with Crippen molar-refractivity contribution in [1.29, 1.82) is 0 Å². The number of rotatable bonds is 3. The molecule has 1 N–H and O–H groups in total. The van der Waals surface area contributed by atoms with E-state index < -0.39 is 0 Å². The van der Waals surface area contributed by atoms with Gasteiger partial charge in [0, 0.05) is 34.2 Å². The Balaban J connectivity index is 2.06. The van der Waals surface area contributed by atoms with Crippen molar-refractivity contribution in [2.45, 2.75) is 27.2 Å². The molecule has 3 rings (SSSR count). The van der Waals surface area contributed by atoms with Gasteiger partial charge in [-0.1, -0.05) is 26.8 Å². The molecule has 1 atom stereocenters. The molecule has 3 aromatic rings. The van der Waals surface area contributed by atoms with Gasteiger partial charge in [0.05, 0.1) is 0 Å². The molecule has 0 aliphatic heterocycles. The van der Waals surface area contributed by atoms with Crippen LogP contribution in [0.3, 0.4) is 0 Å². The second-order valence-corrected chi connectivity index (χ2v) is 5.85.